The summed E-state index contributed by atoms with van der Waals surface area (Å²) in [6.45, 7) is 8.37. The Morgan fingerprint density at radius 2 is 1.87 bits per heavy atom. The average molecular weight is 214 g/mol. The molecule has 2 N–H and O–H groups in total. The molecule has 1 unspecified atom stereocenters. The molecule has 0 fully saturated rings. The van der Waals surface area contributed by atoms with Crippen molar-refractivity contribution < 1.29 is 4.79 Å². The van der Waals surface area contributed by atoms with Crippen LogP contribution in [0.5, 0.6) is 0 Å². The first-order valence-electron chi connectivity index (χ1n) is 5.92. The predicted octanol–water partition coefficient (Wildman–Crippen LogP) is 2.01. The lowest BCUT2D eigenvalue weighted by atomic mass is 10.0. The normalized spacial score (nSPS) is 15.1. The molecule has 1 amide bonds. The first-order chi connectivity index (χ1) is 6.90. The van der Waals surface area contributed by atoms with E-state index >= 15 is 0 Å². The largest absolute Gasteiger partial charge is 0.342 e. The number of rotatable bonds is 6. The summed E-state index contributed by atoms with van der Waals surface area (Å²) < 4.78 is 0. The Bertz CT molecular complexity index is 192. The van der Waals surface area contributed by atoms with Gasteiger partial charge in [0.25, 0.3) is 0 Å². The summed E-state index contributed by atoms with van der Waals surface area (Å²) in [5, 5.41) is 0. The first kappa shape index (κ1) is 14.4. The van der Waals surface area contributed by atoms with Gasteiger partial charge in [0.15, 0.2) is 0 Å². The fraction of sp³-hybridized carbons (Fsp3) is 0.917. The van der Waals surface area contributed by atoms with Crippen LogP contribution in [0.15, 0.2) is 0 Å². The second-order valence-electron chi connectivity index (χ2n) is 4.82. The molecule has 0 aromatic rings. The summed E-state index contributed by atoms with van der Waals surface area (Å²) in [5.74, 6) is 0.545. The van der Waals surface area contributed by atoms with Gasteiger partial charge in [-0.15, -0.1) is 0 Å². The molecule has 3 nitrogen and oxygen atoms in total. The maximum atomic E-state index is 11.9. The zero-order valence-electron chi connectivity index (χ0n) is 10.8. The van der Waals surface area contributed by atoms with E-state index in [1.54, 1.807) is 4.90 Å². The summed E-state index contributed by atoms with van der Waals surface area (Å²) in [7, 11) is 1.85. The molecule has 0 bridgehead atoms. The third-order valence-electron chi connectivity index (χ3n) is 2.76. The van der Waals surface area contributed by atoms with Gasteiger partial charge in [-0.05, 0) is 25.7 Å². The van der Waals surface area contributed by atoms with E-state index < -0.39 is 0 Å². The zero-order valence-corrected chi connectivity index (χ0v) is 10.8. The molecule has 0 aromatic heterocycles. The zero-order chi connectivity index (χ0) is 12.0. The van der Waals surface area contributed by atoms with Gasteiger partial charge in [0.05, 0.1) is 6.04 Å². The van der Waals surface area contributed by atoms with Gasteiger partial charge >= 0.3 is 0 Å². The van der Waals surface area contributed by atoms with Gasteiger partial charge in [0.1, 0.15) is 0 Å². The Morgan fingerprint density at radius 3 is 2.27 bits per heavy atom. The molecule has 0 rings (SSSR count). The molecule has 0 saturated heterocycles. The number of nitrogens with two attached hydrogens (primary N) is 1. The summed E-state index contributed by atoms with van der Waals surface area (Å²) >= 11 is 0. The lowest BCUT2D eigenvalue weighted by Gasteiger charge is -2.28. The number of carbonyl (C=O) groups excluding carboxylic acids is 1. The molecule has 3 heteroatoms. The van der Waals surface area contributed by atoms with Crippen molar-refractivity contribution in [1.82, 2.24) is 4.90 Å². The van der Waals surface area contributed by atoms with Gasteiger partial charge in [-0.1, -0.05) is 27.2 Å². The van der Waals surface area contributed by atoms with Crippen LogP contribution in [0.25, 0.3) is 0 Å². The third-order valence-corrected chi connectivity index (χ3v) is 2.76. The van der Waals surface area contributed by atoms with Crippen molar-refractivity contribution in [3.05, 3.63) is 0 Å². The third kappa shape index (κ3) is 5.17. The van der Waals surface area contributed by atoms with E-state index in [1.807, 2.05) is 7.05 Å². The van der Waals surface area contributed by atoms with Crippen molar-refractivity contribution in [2.45, 2.75) is 59.0 Å². The topological polar surface area (TPSA) is 46.3 Å². The highest BCUT2D eigenvalue weighted by Crippen LogP contribution is 2.09. The van der Waals surface area contributed by atoms with E-state index in [0.717, 1.165) is 19.3 Å². The molecule has 0 aliphatic carbocycles. The highest BCUT2D eigenvalue weighted by molar-refractivity contribution is 5.81. The molecule has 2 atom stereocenters. The van der Waals surface area contributed by atoms with Crippen LogP contribution in [0.4, 0.5) is 0 Å². The quantitative estimate of drug-likeness (QED) is 0.735. The predicted molar refractivity (Wildman–Crippen MR) is 64.6 cm³/mol. The summed E-state index contributed by atoms with van der Waals surface area (Å²) in [6.07, 6.45) is 2.90. The number of hydrogen-bond acceptors (Lipinski definition) is 2. The number of hydrogen-bond donors (Lipinski definition) is 1. The monoisotopic (exact) mass is 214 g/mol. The van der Waals surface area contributed by atoms with Crippen molar-refractivity contribution in [3.63, 3.8) is 0 Å². The summed E-state index contributed by atoms with van der Waals surface area (Å²) in [6, 6.07) is -0.0463. The Balaban J connectivity index is 4.17. The van der Waals surface area contributed by atoms with E-state index in [9.17, 15) is 4.79 Å². The van der Waals surface area contributed by atoms with Gasteiger partial charge in [0, 0.05) is 13.1 Å². The molecule has 15 heavy (non-hydrogen) atoms. The van der Waals surface area contributed by atoms with Crippen LogP contribution in [0.2, 0.25) is 0 Å². The van der Waals surface area contributed by atoms with E-state index in [0.29, 0.717) is 12.0 Å². The number of amides is 1. The minimum Gasteiger partial charge on any atom is -0.342 e. The molecular formula is C12H26N2O. The molecule has 0 aliphatic heterocycles. The minimum absolute atomic E-state index is 0.0738. The Morgan fingerprint density at radius 1 is 1.33 bits per heavy atom. The maximum Gasteiger partial charge on any atom is 0.239 e. The van der Waals surface area contributed by atoms with Crippen molar-refractivity contribution in [1.29, 1.82) is 0 Å². The van der Waals surface area contributed by atoms with E-state index in [4.69, 9.17) is 5.73 Å². The molecule has 0 aromatic carbocycles. The van der Waals surface area contributed by atoms with Crippen molar-refractivity contribution in [2.24, 2.45) is 11.7 Å². The molecular weight excluding hydrogens is 188 g/mol. The van der Waals surface area contributed by atoms with Gasteiger partial charge < -0.3 is 10.6 Å². The van der Waals surface area contributed by atoms with E-state index in [2.05, 4.69) is 27.7 Å². The van der Waals surface area contributed by atoms with Crippen LogP contribution in [-0.2, 0) is 4.79 Å². The first-order valence-corrected chi connectivity index (χ1v) is 5.92. The highest BCUT2D eigenvalue weighted by atomic mass is 16.2. The highest BCUT2D eigenvalue weighted by Gasteiger charge is 2.21. The number of nitrogens with zero attached hydrogens (tertiary/aromatic N) is 1. The van der Waals surface area contributed by atoms with Crippen LogP contribution in [-0.4, -0.2) is 29.9 Å². The molecule has 0 saturated carbocycles. The SMILES string of the molecule is CCCC(C)N(C)C(=O)[C@@H](N)CC(C)C. The Hall–Kier alpha value is -0.570. The molecule has 0 aliphatic rings. The molecule has 0 heterocycles. The number of carbonyl (C=O) groups is 1. The molecule has 0 radical (unpaired) electrons. The van der Waals surface area contributed by atoms with Crippen LogP contribution in [0.1, 0.15) is 47.0 Å². The second kappa shape index (κ2) is 6.83. The number of likely N-dealkylation sites (N-methyl/N-ethyl adjacent to an activating group) is 1. The lowest BCUT2D eigenvalue weighted by molar-refractivity contribution is -0.133. The maximum absolute atomic E-state index is 11.9. The van der Waals surface area contributed by atoms with Crippen molar-refractivity contribution in [3.8, 4) is 0 Å². The average Bonchev–Trinajstić information content (AvgIpc) is 2.14. The van der Waals surface area contributed by atoms with Gasteiger partial charge in [-0.2, -0.15) is 0 Å². The second-order valence-corrected chi connectivity index (χ2v) is 4.82. The van der Waals surface area contributed by atoms with Crippen molar-refractivity contribution >= 4 is 5.91 Å². The summed E-state index contributed by atoms with van der Waals surface area (Å²) in [5.41, 5.74) is 5.86. The van der Waals surface area contributed by atoms with Gasteiger partial charge in [0.2, 0.25) is 5.91 Å². The fourth-order valence-electron chi connectivity index (χ4n) is 1.70. The fourth-order valence-corrected chi connectivity index (χ4v) is 1.70. The summed E-state index contributed by atoms with van der Waals surface area (Å²) in [4.78, 5) is 13.7. The molecule has 0 spiro atoms. The minimum atomic E-state index is -0.339. The van der Waals surface area contributed by atoms with Crippen LogP contribution >= 0.6 is 0 Å². The Labute approximate surface area is 94.0 Å². The van der Waals surface area contributed by atoms with Crippen LogP contribution < -0.4 is 5.73 Å². The van der Waals surface area contributed by atoms with Crippen LogP contribution in [0.3, 0.4) is 0 Å². The molecule has 90 valence electrons. The van der Waals surface area contributed by atoms with Crippen molar-refractivity contribution in [2.75, 3.05) is 7.05 Å². The van der Waals surface area contributed by atoms with E-state index in [-0.39, 0.29) is 11.9 Å². The van der Waals surface area contributed by atoms with Gasteiger partial charge in [-0.25, -0.2) is 0 Å². The lowest BCUT2D eigenvalue weighted by Crippen LogP contribution is -2.46. The van der Waals surface area contributed by atoms with Crippen LogP contribution in [0, 0.1) is 5.92 Å². The van der Waals surface area contributed by atoms with Gasteiger partial charge in [-0.3, -0.25) is 4.79 Å². The Kier molecular flexibility index (Phi) is 6.57. The van der Waals surface area contributed by atoms with E-state index in [1.165, 1.54) is 0 Å². The smallest absolute Gasteiger partial charge is 0.239 e. The standard InChI is InChI=1S/C12H26N2O/c1-6-7-10(4)14(5)12(15)11(13)8-9(2)3/h9-11H,6-8,13H2,1-5H3/t10?,11-/m0/s1.